The molecule has 2 nitrogen and oxygen atoms in total. The minimum atomic E-state index is 0.133. The first-order valence-electron chi connectivity index (χ1n) is 7.43. The summed E-state index contributed by atoms with van der Waals surface area (Å²) in [6, 6.07) is 17.1. The summed E-state index contributed by atoms with van der Waals surface area (Å²) in [7, 11) is 0. The lowest BCUT2D eigenvalue weighted by atomic mass is 9.85. The summed E-state index contributed by atoms with van der Waals surface area (Å²) in [5, 5.41) is 3.09. The molecule has 0 saturated carbocycles. The van der Waals surface area contributed by atoms with Crippen LogP contribution >= 0.6 is 0 Å². The van der Waals surface area contributed by atoms with Gasteiger partial charge in [-0.25, -0.2) is 0 Å². The number of carbonyl (C=O) groups is 1. The van der Waals surface area contributed by atoms with E-state index in [2.05, 4.69) is 54.7 Å². The molecule has 1 N–H and O–H groups in total. The Kier molecular flexibility index (Phi) is 2.71. The van der Waals surface area contributed by atoms with Crippen LogP contribution in [-0.4, -0.2) is 5.91 Å². The number of hydrogen-bond acceptors (Lipinski definition) is 1. The monoisotopic (exact) mass is 275 g/mol. The van der Waals surface area contributed by atoms with Gasteiger partial charge in [-0.2, -0.15) is 0 Å². The predicted molar refractivity (Wildman–Crippen MR) is 83.8 cm³/mol. The zero-order chi connectivity index (χ0) is 14.4. The lowest BCUT2D eigenvalue weighted by Crippen LogP contribution is -2.26. The first-order valence-corrected chi connectivity index (χ1v) is 7.43. The van der Waals surface area contributed by atoms with Crippen LogP contribution in [0.5, 0.6) is 0 Å². The summed E-state index contributed by atoms with van der Waals surface area (Å²) in [6.07, 6.45) is 1.45. The van der Waals surface area contributed by atoms with E-state index in [0.717, 1.165) is 12.1 Å². The molecule has 104 valence electrons. The maximum Gasteiger partial charge on any atom is 0.224 e. The Morgan fingerprint density at radius 2 is 1.90 bits per heavy atom. The molecule has 1 aliphatic heterocycles. The van der Waals surface area contributed by atoms with Gasteiger partial charge >= 0.3 is 0 Å². The molecule has 0 saturated heterocycles. The van der Waals surface area contributed by atoms with Crippen molar-refractivity contribution in [3.63, 3.8) is 0 Å². The molecule has 4 rings (SSSR count). The topological polar surface area (TPSA) is 29.1 Å². The molecule has 2 aromatic rings. The highest BCUT2D eigenvalue weighted by Crippen LogP contribution is 2.47. The van der Waals surface area contributed by atoms with E-state index in [4.69, 9.17) is 0 Å². The van der Waals surface area contributed by atoms with Gasteiger partial charge in [0.1, 0.15) is 0 Å². The fraction of sp³-hybridized carbons (Fsp3) is 0.211. The van der Waals surface area contributed by atoms with E-state index in [1.54, 1.807) is 0 Å². The van der Waals surface area contributed by atoms with E-state index in [9.17, 15) is 4.79 Å². The number of carbonyl (C=O) groups excluding carboxylic acids is 1. The number of hydrogen-bond donors (Lipinski definition) is 1. The molecule has 2 aliphatic rings. The van der Waals surface area contributed by atoms with Crippen molar-refractivity contribution < 1.29 is 4.79 Å². The number of nitrogens with one attached hydrogen (secondary N) is 1. The summed E-state index contributed by atoms with van der Waals surface area (Å²) >= 11 is 0. The van der Waals surface area contributed by atoms with Crippen molar-refractivity contribution in [1.82, 2.24) is 5.32 Å². The minimum Gasteiger partial charge on any atom is -0.326 e. The zero-order valence-corrected chi connectivity index (χ0v) is 12.0. The first-order chi connectivity index (χ1) is 10.2. The Morgan fingerprint density at radius 3 is 2.76 bits per heavy atom. The van der Waals surface area contributed by atoms with Crippen LogP contribution in [0.1, 0.15) is 41.0 Å². The number of aryl methyl sites for hydroxylation is 1. The van der Waals surface area contributed by atoms with Crippen LogP contribution in [0.3, 0.4) is 0 Å². The second kappa shape index (κ2) is 4.59. The van der Waals surface area contributed by atoms with Gasteiger partial charge in [-0.3, -0.25) is 4.79 Å². The molecular formula is C19H17NO. The molecule has 2 aromatic carbocycles. The van der Waals surface area contributed by atoms with Gasteiger partial charge in [0.05, 0.1) is 0 Å². The summed E-state index contributed by atoms with van der Waals surface area (Å²) in [5.74, 6) is 0.421. The summed E-state index contributed by atoms with van der Waals surface area (Å²) in [6.45, 7) is 2.13. The van der Waals surface area contributed by atoms with Crippen molar-refractivity contribution in [1.29, 1.82) is 0 Å². The fourth-order valence-electron chi connectivity index (χ4n) is 3.58. The average molecular weight is 275 g/mol. The molecule has 1 heterocycles. The van der Waals surface area contributed by atoms with E-state index in [-0.39, 0.29) is 11.8 Å². The Labute approximate surface area is 124 Å². The summed E-state index contributed by atoms with van der Waals surface area (Å²) in [4.78, 5) is 11.8. The molecule has 0 radical (unpaired) electrons. The van der Waals surface area contributed by atoms with Gasteiger partial charge < -0.3 is 5.32 Å². The molecule has 1 atom stereocenters. The summed E-state index contributed by atoms with van der Waals surface area (Å²) in [5.41, 5.74) is 7.51. The standard InChI is InChI=1S/C19H17NO/c1-12-5-4-6-13(11-12)18-14-7-2-3-8-15(14)19-16(18)9-10-17(21)20-19/h2-8,11,18H,9-10H2,1H3,(H,20,21). The SMILES string of the molecule is Cc1cccc(C2C3=C(NC(=O)CC3)c3ccccc32)c1. The predicted octanol–water partition coefficient (Wildman–Crippen LogP) is 3.76. The fourth-order valence-corrected chi connectivity index (χ4v) is 3.58. The maximum absolute atomic E-state index is 11.8. The molecule has 1 unspecified atom stereocenters. The molecular weight excluding hydrogens is 258 g/mol. The normalized spacial score (nSPS) is 20.0. The molecule has 0 bridgehead atoms. The van der Waals surface area contributed by atoms with Gasteiger partial charge in [-0.15, -0.1) is 0 Å². The van der Waals surface area contributed by atoms with Crippen molar-refractivity contribution in [3.05, 3.63) is 76.4 Å². The summed E-state index contributed by atoms with van der Waals surface area (Å²) < 4.78 is 0. The van der Waals surface area contributed by atoms with Crippen LogP contribution < -0.4 is 5.32 Å². The average Bonchev–Trinajstić information content (AvgIpc) is 2.81. The van der Waals surface area contributed by atoms with Crippen LogP contribution in [0.15, 0.2) is 54.1 Å². The number of allylic oxidation sites excluding steroid dienone is 1. The van der Waals surface area contributed by atoms with Crippen LogP contribution in [-0.2, 0) is 4.79 Å². The zero-order valence-electron chi connectivity index (χ0n) is 12.0. The second-order valence-corrected chi connectivity index (χ2v) is 5.88. The van der Waals surface area contributed by atoms with Gasteiger partial charge in [0.15, 0.2) is 0 Å². The van der Waals surface area contributed by atoms with Crippen molar-refractivity contribution in [2.24, 2.45) is 0 Å². The highest BCUT2D eigenvalue weighted by Gasteiger charge is 2.35. The van der Waals surface area contributed by atoms with E-state index in [0.29, 0.717) is 6.42 Å². The van der Waals surface area contributed by atoms with Crippen molar-refractivity contribution in [3.8, 4) is 0 Å². The molecule has 0 fully saturated rings. The van der Waals surface area contributed by atoms with E-state index in [1.165, 1.54) is 27.8 Å². The van der Waals surface area contributed by atoms with Crippen molar-refractivity contribution in [2.75, 3.05) is 0 Å². The maximum atomic E-state index is 11.8. The largest absolute Gasteiger partial charge is 0.326 e. The van der Waals surface area contributed by atoms with Crippen LogP contribution in [0.2, 0.25) is 0 Å². The van der Waals surface area contributed by atoms with E-state index >= 15 is 0 Å². The quantitative estimate of drug-likeness (QED) is 0.843. The first kappa shape index (κ1) is 12.4. The van der Waals surface area contributed by atoms with Gasteiger partial charge in [0, 0.05) is 23.6 Å². The Bertz CT molecular complexity index is 773. The lowest BCUT2D eigenvalue weighted by molar-refractivity contribution is -0.120. The highest BCUT2D eigenvalue weighted by molar-refractivity contribution is 5.94. The van der Waals surface area contributed by atoms with Gasteiger partial charge in [-0.05, 0) is 30.0 Å². The van der Waals surface area contributed by atoms with E-state index < -0.39 is 0 Å². The molecule has 1 amide bonds. The third-order valence-corrected chi connectivity index (χ3v) is 4.47. The molecule has 1 aliphatic carbocycles. The highest BCUT2D eigenvalue weighted by atomic mass is 16.1. The Hall–Kier alpha value is -2.35. The Balaban J connectivity index is 1.92. The van der Waals surface area contributed by atoms with Gasteiger partial charge in [0.2, 0.25) is 5.91 Å². The minimum absolute atomic E-state index is 0.133. The van der Waals surface area contributed by atoms with Crippen molar-refractivity contribution >= 4 is 11.6 Å². The van der Waals surface area contributed by atoms with Crippen LogP contribution in [0.25, 0.3) is 5.70 Å². The van der Waals surface area contributed by atoms with Gasteiger partial charge in [-0.1, -0.05) is 54.1 Å². The third-order valence-electron chi connectivity index (χ3n) is 4.47. The number of benzene rings is 2. The Morgan fingerprint density at radius 1 is 1.05 bits per heavy atom. The second-order valence-electron chi connectivity index (χ2n) is 5.88. The van der Waals surface area contributed by atoms with Gasteiger partial charge in [0.25, 0.3) is 0 Å². The molecule has 21 heavy (non-hydrogen) atoms. The molecule has 0 spiro atoms. The van der Waals surface area contributed by atoms with E-state index in [1.807, 2.05) is 6.07 Å². The van der Waals surface area contributed by atoms with Crippen molar-refractivity contribution in [2.45, 2.75) is 25.7 Å². The van der Waals surface area contributed by atoms with Crippen LogP contribution in [0, 0.1) is 6.92 Å². The lowest BCUT2D eigenvalue weighted by Gasteiger charge is -2.21. The smallest absolute Gasteiger partial charge is 0.224 e. The number of fused-ring (bicyclic) bond motifs is 2. The number of amides is 1. The number of rotatable bonds is 1. The van der Waals surface area contributed by atoms with Crippen LogP contribution in [0.4, 0.5) is 0 Å². The third kappa shape index (κ3) is 1.90. The molecule has 2 heteroatoms. The molecule has 0 aromatic heterocycles.